The second kappa shape index (κ2) is 7.18. The van der Waals surface area contributed by atoms with Crippen LogP contribution in [0, 0.1) is 35.5 Å². The number of hydrogen-bond donors (Lipinski definition) is 1. The average Bonchev–Trinajstić information content (AvgIpc) is 3.14. The van der Waals surface area contributed by atoms with E-state index >= 15 is 0 Å². The third kappa shape index (κ3) is 3.15. The second-order valence-corrected chi connectivity index (χ2v) is 11.1. The summed E-state index contributed by atoms with van der Waals surface area (Å²) in [6.07, 6.45) is 12.6. The van der Waals surface area contributed by atoms with E-state index in [-0.39, 0.29) is 28.8 Å². The molecule has 2 heterocycles. The molecule has 0 bridgehead atoms. The number of carbonyl (C=O) groups is 2. The number of rotatable bonds is 2. The summed E-state index contributed by atoms with van der Waals surface area (Å²) < 4.78 is 0. The number of hydrogen-bond acceptors (Lipinski definition) is 3. The number of anilines is 1. The van der Waals surface area contributed by atoms with E-state index in [4.69, 9.17) is 0 Å². The minimum absolute atomic E-state index is 0.150. The van der Waals surface area contributed by atoms with Gasteiger partial charge in [0.25, 0.3) is 11.8 Å². The number of pyridine rings is 1. The summed E-state index contributed by atoms with van der Waals surface area (Å²) in [6.45, 7) is 6.78. The van der Waals surface area contributed by atoms with Crippen LogP contribution in [0.1, 0.15) is 64.4 Å². The van der Waals surface area contributed by atoms with Crippen LogP contribution in [0.5, 0.6) is 0 Å². The van der Waals surface area contributed by atoms with Crippen LogP contribution in [0.15, 0.2) is 30.0 Å². The maximum atomic E-state index is 13.2. The van der Waals surface area contributed by atoms with Gasteiger partial charge in [0.2, 0.25) is 0 Å². The van der Waals surface area contributed by atoms with Crippen molar-refractivity contribution in [2.24, 2.45) is 28.6 Å². The summed E-state index contributed by atoms with van der Waals surface area (Å²) in [6, 6.07) is 3.88. The van der Waals surface area contributed by atoms with Crippen LogP contribution in [-0.2, 0) is 9.59 Å². The lowest BCUT2D eigenvalue weighted by atomic mass is 9.48. The number of likely N-dealkylation sites (N-methyl/N-ethyl adjacent to an activating group) is 1. The third-order valence-electron chi connectivity index (χ3n) is 9.38. The van der Waals surface area contributed by atoms with E-state index in [1.54, 1.807) is 12.3 Å². The molecule has 0 spiro atoms. The first-order chi connectivity index (χ1) is 14.7. The Morgan fingerprint density at radius 1 is 1.13 bits per heavy atom. The van der Waals surface area contributed by atoms with Crippen molar-refractivity contribution in [2.75, 3.05) is 12.4 Å². The number of nitrogens with zero attached hydrogens (tertiary/aromatic N) is 2. The van der Waals surface area contributed by atoms with Crippen molar-refractivity contribution >= 4 is 17.6 Å². The predicted octanol–water partition coefficient (Wildman–Crippen LogP) is 4.73. The molecule has 3 saturated carbocycles. The Morgan fingerprint density at radius 3 is 2.68 bits per heavy atom. The van der Waals surface area contributed by atoms with Gasteiger partial charge in [0.1, 0.15) is 11.4 Å². The molecule has 5 rings (SSSR count). The van der Waals surface area contributed by atoms with E-state index in [1.807, 2.05) is 24.9 Å². The summed E-state index contributed by atoms with van der Waals surface area (Å²) in [7, 11) is 1.89. The van der Waals surface area contributed by atoms with E-state index < -0.39 is 0 Å². The Labute approximate surface area is 185 Å². The maximum absolute atomic E-state index is 13.2. The van der Waals surface area contributed by atoms with Crippen molar-refractivity contribution in [1.29, 1.82) is 0 Å². The number of amides is 2. The highest BCUT2D eigenvalue weighted by atomic mass is 16.2. The highest BCUT2D eigenvalue weighted by molar-refractivity contribution is 6.23. The zero-order valence-corrected chi connectivity index (χ0v) is 19.3. The summed E-state index contributed by atoms with van der Waals surface area (Å²) in [5.41, 5.74) is 1.67. The fraction of sp³-hybridized carbons (Fsp3) is 0.654. The molecule has 1 N–H and O–H groups in total. The molecule has 1 aromatic heterocycles. The van der Waals surface area contributed by atoms with Gasteiger partial charge in [0, 0.05) is 24.7 Å². The van der Waals surface area contributed by atoms with Crippen molar-refractivity contribution in [3.63, 3.8) is 0 Å². The zero-order valence-electron chi connectivity index (χ0n) is 19.3. The molecule has 3 aliphatic carbocycles. The largest absolute Gasteiger partial charge is 0.338 e. The number of aromatic nitrogens is 1. The van der Waals surface area contributed by atoms with Crippen molar-refractivity contribution in [3.05, 3.63) is 35.5 Å². The second-order valence-electron chi connectivity index (χ2n) is 11.1. The monoisotopic (exact) mass is 421 g/mol. The van der Waals surface area contributed by atoms with Gasteiger partial charge in [0.05, 0.1) is 0 Å². The Bertz CT molecular complexity index is 938. The van der Waals surface area contributed by atoms with Crippen LogP contribution in [0.25, 0.3) is 0 Å². The summed E-state index contributed by atoms with van der Waals surface area (Å²) in [4.78, 5) is 32.5. The van der Waals surface area contributed by atoms with Gasteiger partial charge in [0.15, 0.2) is 0 Å². The van der Waals surface area contributed by atoms with E-state index in [9.17, 15) is 9.59 Å². The third-order valence-corrected chi connectivity index (χ3v) is 9.38. The first-order valence-corrected chi connectivity index (χ1v) is 12.0. The van der Waals surface area contributed by atoms with Gasteiger partial charge in [-0.05, 0) is 80.2 Å². The van der Waals surface area contributed by atoms with Crippen LogP contribution in [0.4, 0.5) is 5.82 Å². The fourth-order valence-electron chi connectivity index (χ4n) is 7.77. The van der Waals surface area contributed by atoms with Crippen molar-refractivity contribution in [3.8, 4) is 0 Å². The normalized spacial score (nSPS) is 39.3. The Balaban J connectivity index is 1.47. The van der Waals surface area contributed by atoms with E-state index in [0.29, 0.717) is 23.1 Å². The number of fused-ring (bicyclic) bond motifs is 5. The Morgan fingerprint density at radius 2 is 1.94 bits per heavy atom. The standard InChI is InChI=1S/C26H35N3O2/c1-16-7-10-22(27-15-16)28-23(30)18-14-26(3)20-11-13-25(2)12-5-6-19(25)17(20)8-9-21(26)29(4)24(18)31/h7,10,14-15,17,19-21H,5-6,8-9,11-13H2,1-4H3,(H,27,28,30)/t17-,19-,20+,21?,25-,26+/m0/s1. The first kappa shape index (κ1) is 20.7. The van der Waals surface area contributed by atoms with Crippen LogP contribution >= 0.6 is 0 Å². The molecular weight excluding hydrogens is 386 g/mol. The molecule has 31 heavy (non-hydrogen) atoms. The minimum Gasteiger partial charge on any atom is -0.338 e. The molecule has 0 aromatic carbocycles. The zero-order chi connectivity index (χ0) is 22.0. The lowest BCUT2D eigenvalue weighted by Gasteiger charge is -2.60. The van der Waals surface area contributed by atoms with Crippen LogP contribution in [0.2, 0.25) is 0 Å². The summed E-state index contributed by atoms with van der Waals surface area (Å²) in [5.74, 6) is 2.04. The Hall–Kier alpha value is -2.17. The van der Waals surface area contributed by atoms with Crippen LogP contribution in [0.3, 0.4) is 0 Å². The topological polar surface area (TPSA) is 62.3 Å². The van der Waals surface area contributed by atoms with E-state index in [2.05, 4.69) is 30.2 Å². The lowest BCUT2D eigenvalue weighted by Crippen LogP contribution is -2.60. The SMILES string of the molecule is Cc1ccc(NC(=O)C2=C[C@@]3(C)C(CC[C@@H]4[C@H]3CC[C@]3(C)CCC[C@@H]43)N(C)C2=O)nc1. The fourth-order valence-corrected chi connectivity index (χ4v) is 7.77. The molecule has 3 fully saturated rings. The molecule has 4 aliphatic rings. The van der Waals surface area contributed by atoms with E-state index in [1.165, 1.54) is 38.5 Å². The first-order valence-electron chi connectivity index (χ1n) is 12.0. The highest BCUT2D eigenvalue weighted by Crippen LogP contribution is 2.64. The molecule has 6 atom stereocenters. The number of nitrogens with one attached hydrogen (secondary N) is 1. The highest BCUT2D eigenvalue weighted by Gasteiger charge is 2.59. The van der Waals surface area contributed by atoms with Gasteiger partial charge in [-0.2, -0.15) is 0 Å². The number of aryl methyl sites for hydroxylation is 1. The molecular formula is C26H35N3O2. The van der Waals surface area contributed by atoms with Crippen LogP contribution in [-0.4, -0.2) is 34.8 Å². The van der Waals surface area contributed by atoms with Gasteiger partial charge >= 0.3 is 0 Å². The molecule has 0 saturated heterocycles. The summed E-state index contributed by atoms with van der Waals surface area (Å²) >= 11 is 0. The van der Waals surface area contributed by atoms with Gasteiger partial charge in [-0.3, -0.25) is 9.59 Å². The molecule has 5 heteroatoms. The maximum Gasteiger partial charge on any atom is 0.262 e. The smallest absolute Gasteiger partial charge is 0.262 e. The van der Waals surface area contributed by atoms with Gasteiger partial charge in [-0.25, -0.2) is 4.98 Å². The molecule has 2 amide bonds. The van der Waals surface area contributed by atoms with Crippen molar-refractivity contribution in [1.82, 2.24) is 9.88 Å². The average molecular weight is 422 g/mol. The van der Waals surface area contributed by atoms with E-state index in [0.717, 1.165) is 17.9 Å². The Kier molecular flexibility index (Phi) is 4.80. The van der Waals surface area contributed by atoms with Crippen molar-refractivity contribution in [2.45, 2.75) is 71.8 Å². The lowest BCUT2D eigenvalue weighted by molar-refractivity contribution is -0.141. The van der Waals surface area contributed by atoms with Gasteiger partial charge < -0.3 is 10.2 Å². The van der Waals surface area contributed by atoms with Crippen molar-refractivity contribution < 1.29 is 9.59 Å². The molecule has 0 radical (unpaired) electrons. The number of carbonyl (C=O) groups excluding carboxylic acids is 2. The quantitative estimate of drug-likeness (QED) is 0.703. The molecule has 1 aliphatic heterocycles. The van der Waals surface area contributed by atoms with Crippen LogP contribution < -0.4 is 5.32 Å². The molecule has 5 nitrogen and oxygen atoms in total. The molecule has 166 valence electrons. The minimum atomic E-state index is -0.337. The molecule has 1 unspecified atom stereocenters. The predicted molar refractivity (Wildman–Crippen MR) is 121 cm³/mol. The van der Waals surface area contributed by atoms with Gasteiger partial charge in [-0.1, -0.05) is 32.4 Å². The molecule has 1 aromatic rings. The summed E-state index contributed by atoms with van der Waals surface area (Å²) in [5, 5.41) is 2.85. The van der Waals surface area contributed by atoms with Gasteiger partial charge in [-0.15, -0.1) is 0 Å².